The van der Waals surface area contributed by atoms with Gasteiger partial charge in [0.25, 0.3) is 0 Å². The number of piperidine rings is 1. The van der Waals surface area contributed by atoms with Gasteiger partial charge in [0.15, 0.2) is 0 Å². The first-order valence-corrected chi connectivity index (χ1v) is 4.59. The van der Waals surface area contributed by atoms with E-state index in [1.165, 1.54) is 32.2 Å². The molecule has 2 fully saturated rings. The van der Waals surface area contributed by atoms with Crippen LogP contribution < -0.4 is 5.32 Å². The lowest BCUT2D eigenvalue weighted by Gasteiger charge is -2.33. The summed E-state index contributed by atoms with van der Waals surface area (Å²) < 4.78 is 5.24. The number of fused-ring (bicyclic) bond motifs is 2. The van der Waals surface area contributed by atoms with Crippen molar-refractivity contribution < 1.29 is 4.74 Å². The van der Waals surface area contributed by atoms with Gasteiger partial charge in [-0.15, -0.1) is 0 Å². The highest BCUT2D eigenvalue weighted by atomic mass is 16.5. The van der Waals surface area contributed by atoms with Crippen LogP contribution in [-0.2, 0) is 4.74 Å². The zero-order valence-corrected chi connectivity index (χ0v) is 7.23. The highest BCUT2D eigenvalue weighted by Gasteiger charge is 2.41. The number of rotatable bonds is 2. The second-order valence-corrected chi connectivity index (χ2v) is 4.04. The summed E-state index contributed by atoms with van der Waals surface area (Å²) in [5, 5.41) is 3.60. The molecule has 0 amide bonds. The van der Waals surface area contributed by atoms with Gasteiger partial charge in [-0.1, -0.05) is 0 Å². The summed E-state index contributed by atoms with van der Waals surface area (Å²) in [5.41, 5.74) is 0.373. The van der Waals surface area contributed by atoms with Crippen molar-refractivity contribution in [1.82, 2.24) is 5.32 Å². The smallest absolute Gasteiger partial charge is 0.0644 e. The second kappa shape index (κ2) is 2.76. The first kappa shape index (κ1) is 7.56. The molecule has 1 heterocycles. The van der Waals surface area contributed by atoms with E-state index in [9.17, 15) is 0 Å². The highest BCUT2D eigenvalue weighted by Crippen LogP contribution is 2.39. The van der Waals surface area contributed by atoms with Crippen LogP contribution in [-0.4, -0.2) is 25.8 Å². The predicted octanol–water partition coefficient (Wildman–Crippen LogP) is 1.17. The average Bonchev–Trinajstić information content (AvgIpc) is 2.28. The molecular formula is C9H17NO. The third-order valence-corrected chi connectivity index (χ3v) is 3.18. The quantitative estimate of drug-likeness (QED) is 0.646. The average molecular weight is 155 g/mol. The molecule has 2 aliphatic rings. The minimum absolute atomic E-state index is 0.373. The van der Waals surface area contributed by atoms with E-state index in [0.29, 0.717) is 5.54 Å². The molecule has 64 valence electrons. The van der Waals surface area contributed by atoms with Crippen LogP contribution in [0.25, 0.3) is 0 Å². The van der Waals surface area contributed by atoms with Gasteiger partial charge in [-0.25, -0.2) is 0 Å². The van der Waals surface area contributed by atoms with E-state index in [1.54, 1.807) is 7.11 Å². The van der Waals surface area contributed by atoms with E-state index < -0.39 is 0 Å². The molecule has 2 heteroatoms. The number of nitrogens with one attached hydrogen (secondary N) is 1. The fourth-order valence-corrected chi connectivity index (χ4v) is 2.64. The van der Waals surface area contributed by atoms with Gasteiger partial charge in [0, 0.05) is 12.6 Å². The van der Waals surface area contributed by atoms with Gasteiger partial charge in [-0.2, -0.15) is 0 Å². The van der Waals surface area contributed by atoms with Crippen LogP contribution in [0.15, 0.2) is 0 Å². The summed E-state index contributed by atoms with van der Waals surface area (Å²) in [4.78, 5) is 0. The Kier molecular flexibility index (Phi) is 1.90. The number of ether oxygens (including phenoxy) is 1. The fourth-order valence-electron chi connectivity index (χ4n) is 2.64. The van der Waals surface area contributed by atoms with Crippen molar-refractivity contribution in [2.75, 3.05) is 20.3 Å². The van der Waals surface area contributed by atoms with E-state index in [2.05, 4.69) is 5.32 Å². The largest absolute Gasteiger partial charge is 0.383 e. The minimum atomic E-state index is 0.373. The maximum absolute atomic E-state index is 5.24. The Balaban J connectivity index is 2.01. The summed E-state index contributed by atoms with van der Waals surface area (Å²) in [6, 6.07) is 0. The van der Waals surface area contributed by atoms with Gasteiger partial charge < -0.3 is 10.1 Å². The summed E-state index contributed by atoms with van der Waals surface area (Å²) in [6.07, 6.45) is 5.47. The van der Waals surface area contributed by atoms with E-state index in [-0.39, 0.29) is 0 Å². The zero-order chi connectivity index (χ0) is 7.73. The summed E-state index contributed by atoms with van der Waals surface area (Å²) in [5.74, 6) is 0.992. The molecule has 1 N–H and O–H groups in total. The summed E-state index contributed by atoms with van der Waals surface area (Å²) in [6.45, 7) is 2.11. The molecule has 0 aromatic carbocycles. The number of hydrogen-bond acceptors (Lipinski definition) is 2. The molecule has 2 unspecified atom stereocenters. The standard InChI is InChI=1S/C9H17NO/c1-11-7-9-4-2-8(6-9)3-5-10-9/h8,10H,2-7H2,1H3. The monoisotopic (exact) mass is 155 g/mol. The maximum Gasteiger partial charge on any atom is 0.0644 e. The SMILES string of the molecule is COCC12CCC(CCN1)C2. The molecule has 0 radical (unpaired) electrons. The van der Waals surface area contributed by atoms with E-state index >= 15 is 0 Å². The molecular weight excluding hydrogens is 138 g/mol. The normalized spacial score (nSPS) is 42.8. The molecule has 0 aromatic rings. The van der Waals surface area contributed by atoms with Gasteiger partial charge in [-0.3, -0.25) is 0 Å². The van der Waals surface area contributed by atoms with Gasteiger partial charge in [0.1, 0.15) is 0 Å². The van der Waals surface area contributed by atoms with Gasteiger partial charge >= 0.3 is 0 Å². The van der Waals surface area contributed by atoms with Crippen LogP contribution in [0.4, 0.5) is 0 Å². The van der Waals surface area contributed by atoms with Crippen molar-refractivity contribution in [3.05, 3.63) is 0 Å². The summed E-state index contributed by atoms with van der Waals surface area (Å²) >= 11 is 0. The Morgan fingerprint density at radius 3 is 3.27 bits per heavy atom. The van der Waals surface area contributed by atoms with Crippen molar-refractivity contribution in [3.63, 3.8) is 0 Å². The van der Waals surface area contributed by atoms with Gasteiger partial charge in [-0.05, 0) is 38.1 Å². The van der Waals surface area contributed by atoms with Crippen molar-refractivity contribution in [2.45, 2.75) is 31.2 Å². The van der Waals surface area contributed by atoms with Crippen molar-refractivity contribution in [2.24, 2.45) is 5.92 Å². The predicted molar refractivity (Wildman–Crippen MR) is 44.6 cm³/mol. The molecule has 1 aliphatic heterocycles. The number of methoxy groups -OCH3 is 1. The van der Waals surface area contributed by atoms with Crippen LogP contribution in [0.5, 0.6) is 0 Å². The highest BCUT2D eigenvalue weighted by molar-refractivity contribution is 4.99. The number of hydrogen-bond donors (Lipinski definition) is 1. The zero-order valence-electron chi connectivity index (χ0n) is 7.23. The molecule has 1 saturated carbocycles. The lowest BCUT2D eigenvalue weighted by molar-refractivity contribution is 0.0993. The second-order valence-electron chi connectivity index (χ2n) is 4.04. The molecule has 2 nitrogen and oxygen atoms in total. The topological polar surface area (TPSA) is 21.3 Å². The molecule has 0 aromatic heterocycles. The molecule has 1 aliphatic carbocycles. The Bertz CT molecular complexity index is 139. The van der Waals surface area contributed by atoms with Crippen molar-refractivity contribution >= 4 is 0 Å². The molecule has 2 atom stereocenters. The fraction of sp³-hybridized carbons (Fsp3) is 1.00. The van der Waals surface area contributed by atoms with Gasteiger partial charge in [0.2, 0.25) is 0 Å². The van der Waals surface area contributed by atoms with Crippen LogP contribution in [0.3, 0.4) is 0 Å². The molecule has 2 rings (SSSR count). The molecule has 11 heavy (non-hydrogen) atoms. The Labute approximate surface area is 68.3 Å². The Hall–Kier alpha value is -0.0800. The molecule has 0 spiro atoms. The van der Waals surface area contributed by atoms with Crippen LogP contribution >= 0.6 is 0 Å². The summed E-state index contributed by atoms with van der Waals surface area (Å²) in [7, 11) is 1.80. The van der Waals surface area contributed by atoms with E-state index in [4.69, 9.17) is 4.74 Å². The van der Waals surface area contributed by atoms with Gasteiger partial charge in [0.05, 0.1) is 6.61 Å². The lowest BCUT2D eigenvalue weighted by Crippen LogP contribution is -2.49. The third-order valence-electron chi connectivity index (χ3n) is 3.18. The van der Waals surface area contributed by atoms with E-state index in [1.807, 2.05) is 0 Å². The third kappa shape index (κ3) is 1.30. The minimum Gasteiger partial charge on any atom is -0.383 e. The van der Waals surface area contributed by atoms with Crippen molar-refractivity contribution in [1.29, 1.82) is 0 Å². The first-order valence-electron chi connectivity index (χ1n) is 4.59. The van der Waals surface area contributed by atoms with Crippen LogP contribution in [0, 0.1) is 5.92 Å². The van der Waals surface area contributed by atoms with Crippen LogP contribution in [0.1, 0.15) is 25.7 Å². The van der Waals surface area contributed by atoms with Crippen LogP contribution in [0.2, 0.25) is 0 Å². The Morgan fingerprint density at radius 2 is 2.45 bits per heavy atom. The van der Waals surface area contributed by atoms with Crippen molar-refractivity contribution in [3.8, 4) is 0 Å². The van der Waals surface area contributed by atoms with E-state index in [0.717, 1.165) is 12.5 Å². The lowest BCUT2D eigenvalue weighted by atomic mass is 9.91. The first-order chi connectivity index (χ1) is 5.35. The maximum atomic E-state index is 5.24. The molecule has 1 saturated heterocycles. The Morgan fingerprint density at radius 1 is 1.55 bits per heavy atom. The molecule has 2 bridgehead atoms.